The molecule has 0 aliphatic heterocycles. The monoisotopic (exact) mass is 232 g/mol. The summed E-state index contributed by atoms with van der Waals surface area (Å²) in [4.78, 5) is 11.6. The molecule has 0 atom stereocenters. The van der Waals surface area contributed by atoms with Crippen LogP contribution in [0.5, 0.6) is 5.75 Å². The van der Waals surface area contributed by atoms with Crippen molar-refractivity contribution in [3.8, 4) is 5.75 Å². The van der Waals surface area contributed by atoms with Gasteiger partial charge in [0, 0.05) is 4.90 Å². The van der Waals surface area contributed by atoms with Crippen molar-refractivity contribution in [1.82, 2.24) is 0 Å². The summed E-state index contributed by atoms with van der Waals surface area (Å²) in [5.74, 6) is 0.190. The molecule has 0 unspecified atom stereocenters. The topological polar surface area (TPSA) is 35.5 Å². The minimum Gasteiger partial charge on any atom is -0.482 e. The summed E-state index contributed by atoms with van der Waals surface area (Å²) in [6.45, 7) is -0.0904. The third-order valence-electron chi connectivity index (χ3n) is 1.48. The second-order valence-electron chi connectivity index (χ2n) is 2.42. The molecule has 0 saturated carbocycles. The second kappa shape index (κ2) is 5.78. The summed E-state index contributed by atoms with van der Waals surface area (Å²) in [6.07, 6.45) is 0. The Morgan fingerprint density at radius 3 is 3.00 bits per heavy atom. The Hall–Kier alpha value is -0.870. The van der Waals surface area contributed by atoms with Crippen LogP contribution in [0.3, 0.4) is 0 Å². The van der Waals surface area contributed by atoms with Crippen LogP contribution >= 0.6 is 21.7 Å². The summed E-state index contributed by atoms with van der Waals surface area (Å²) in [6, 6.07) is 7.15. The number of halogens is 1. The van der Waals surface area contributed by atoms with E-state index in [1.807, 2.05) is 6.07 Å². The molecule has 1 aromatic carbocycles. The van der Waals surface area contributed by atoms with Gasteiger partial charge in [-0.05, 0) is 39.9 Å². The van der Waals surface area contributed by atoms with Gasteiger partial charge in [0.2, 0.25) is 0 Å². The Morgan fingerprint density at radius 1 is 1.57 bits per heavy atom. The first kappa shape index (κ1) is 11.2. The molecule has 0 N–H and O–H groups in total. The maximum Gasteiger partial charge on any atom is 0.343 e. The predicted octanol–water partition coefficient (Wildman–Crippen LogP) is 2.48. The Kier molecular flexibility index (Phi) is 4.62. The van der Waals surface area contributed by atoms with Crippen LogP contribution in [0.2, 0.25) is 0 Å². The third-order valence-corrected chi connectivity index (χ3v) is 2.45. The molecule has 5 heteroatoms. The van der Waals surface area contributed by atoms with Gasteiger partial charge in [-0.3, -0.25) is 0 Å². The van der Waals surface area contributed by atoms with Gasteiger partial charge in [-0.1, -0.05) is 6.07 Å². The predicted molar refractivity (Wildman–Crippen MR) is 55.7 cm³/mol. The Morgan fingerprint density at radius 2 is 2.36 bits per heavy atom. The Labute approximate surface area is 90.8 Å². The molecule has 0 bridgehead atoms. The highest BCUT2D eigenvalue weighted by Gasteiger charge is 2.01. The van der Waals surface area contributed by atoms with E-state index in [0.29, 0.717) is 5.75 Å². The zero-order chi connectivity index (χ0) is 10.4. The van der Waals surface area contributed by atoms with Gasteiger partial charge in [-0.25, -0.2) is 4.79 Å². The number of hydrogen-bond donors (Lipinski definition) is 0. The van der Waals surface area contributed by atoms with Crippen LogP contribution in [0, 0.1) is 0 Å². The van der Waals surface area contributed by atoms with Gasteiger partial charge >= 0.3 is 5.97 Å². The van der Waals surface area contributed by atoms with Crippen molar-refractivity contribution < 1.29 is 14.3 Å². The highest BCUT2D eigenvalue weighted by atomic mass is 35.7. The highest BCUT2D eigenvalue weighted by molar-refractivity contribution is 8.21. The summed E-state index contributed by atoms with van der Waals surface area (Å²) in [7, 11) is 7.97. The summed E-state index contributed by atoms with van der Waals surface area (Å²) in [5.41, 5.74) is 0. The van der Waals surface area contributed by atoms with Crippen molar-refractivity contribution in [2.75, 3.05) is 13.7 Å². The lowest BCUT2D eigenvalue weighted by Gasteiger charge is -2.04. The lowest BCUT2D eigenvalue weighted by Crippen LogP contribution is -2.12. The standard InChI is InChI=1S/C9H9ClO3S/c1-12-9(11)6-13-7-3-2-4-8(5-7)14-10/h2-5H,6H2,1H3. The number of methoxy groups -OCH3 is 1. The van der Waals surface area contributed by atoms with Gasteiger partial charge in [0.1, 0.15) is 5.75 Å². The van der Waals surface area contributed by atoms with Crippen molar-refractivity contribution >= 4 is 27.6 Å². The maximum absolute atomic E-state index is 10.8. The van der Waals surface area contributed by atoms with E-state index in [0.717, 1.165) is 15.9 Å². The molecule has 0 aromatic heterocycles. The number of carbonyl (C=O) groups is 1. The minimum absolute atomic E-state index is 0.0904. The van der Waals surface area contributed by atoms with E-state index in [-0.39, 0.29) is 6.61 Å². The van der Waals surface area contributed by atoms with E-state index in [2.05, 4.69) is 4.74 Å². The summed E-state index contributed by atoms with van der Waals surface area (Å²) in [5, 5.41) is 0. The lowest BCUT2D eigenvalue weighted by atomic mass is 10.3. The van der Waals surface area contributed by atoms with Crippen LogP contribution in [-0.2, 0) is 9.53 Å². The van der Waals surface area contributed by atoms with Gasteiger partial charge in [-0.15, -0.1) is 0 Å². The molecular weight excluding hydrogens is 224 g/mol. The van der Waals surface area contributed by atoms with Crippen LogP contribution in [0.4, 0.5) is 0 Å². The van der Waals surface area contributed by atoms with Gasteiger partial charge in [0.25, 0.3) is 0 Å². The minimum atomic E-state index is -0.408. The van der Waals surface area contributed by atoms with Crippen molar-refractivity contribution in [2.24, 2.45) is 0 Å². The molecule has 14 heavy (non-hydrogen) atoms. The molecule has 1 aromatic rings. The molecule has 0 spiro atoms. The maximum atomic E-state index is 10.8. The van der Waals surface area contributed by atoms with E-state index in [1.165, 1.54) is 7.11 Å². The average molecular weight is 233 g/mol. The van der Waals surface area contributed by atoms with Gasteiger partial charge < -0.3 is 9.47 Å². The second-order valence-corrected chi connectivity index (χ2v) is 3.51. The lowest BCUT2D eigenvalue weighted by molar-refractivity contribution is -0.142. The first-order valence-corrected chi connectivity index (χ1v) is 5.49. The van der Waals surface area contributed by atoms with Crippen molar-refractivity contribution in [3.63, 3.8) is 0 Å². The normalized spacial score (nSPS) is 9.57. The van der Waals surface area contributed by atoms with E-state index >= 15 is 0 Å². The number of ether oxygens (including phenoxy) is 2. The van der Waals surface area contributed by atoms with Crippen LogP contribution < -0.4 is 4.74 Å². The SMILES string of the molecule is COC(=O)COc1cccc(SCl)c1. The Balaban J connectivity index is 2.54. The third kappa shape index (κ3) is 3.47. The summed E-state index contributed by atoms with van der Waals surface area (Å²) < 4.78 is 9.59. The van der Waals surface area contributed by atoms with Crippen molar-refractivity contribution in [3.05, 3.63) is 24.3 Å². The van der Waals surface area contributed by atoms with Crippen LogP contribution in [-0.4, -0.2) is 19.7 Å². The van der Waals surface area contributed by atoms with Crippen LogP contribution in [0.15, 0.2) is 29.2 Å². The van der Waals surface area contributed by atoms with Crippen LogP contribution in [0.25, 0.3) is 0 Å². The van der Waals surface area contributed by atoms with Gasteiger partial charge in [-0.2, -0.15) is 0 Å². The molecule has 0 radical (unpaired) electrons. The smallest absolute Gasteiger partial charge is 0.343 e. The molecular formula is C9H9ClO3S. The van der Waals surface area contributed by atoms with Crippen molar-refractivity contribution in [2.45, 2.75) is 4.90 Å². The number of hydrogen-bond acceptors (Lipinski definition) is 4. The van der Waals surface area contributed by atoms with Crippen LogP contribution in [0.1, 0.15) is 0 Å². The number of esters is 1. The zero-order valence-corrected chi connectivity index (χ0v) is 9.10. The fraction of sp³-hybridized carbons (Fsp3) is 0.222. The molecule has 1 rings (SSSR count). The van der Waals surface area contributed by atoms with E-state index in [9.17, 15) is 4.79 Å². The van der Waals surface area contributed by atoms with E-state index in [1.54, 1.807) is 18.2 Å². The summed E-state index contributed by atoms with van der Waals surface area (Å²) >= 11 is 0. The highest BCUT2D eigenvalue weighted by Crippen LogP contribution is 2.25. The van der Waals surface area contributed by atoms with Gasteiger partial charge in [0.05, 0.1) is 7.11 Å². The fourth-order valence-corrected chi connectivity index (χ4v) is 1.39. The number of carbonyl (C=O) groups excluding carboxylic acids is 1. The molecule has 76 valence electrons. The van der Waals surface area contributed by atoms with E-state index in [4.69, 9.17) is 15.4 Å². The van der Waals surface area contributed by atoms with Crippen molar-refractivity contribution in [1.29, 1.82) is 0 Å². The number of benzene rings is 1. The molecule has 0 fully saturated rings. The molecule has 3 nitrogen and oxygen atoms in total. The molecule has 0 saturated heterocycles. The van der Waals surface area contributed by atoms with Gasteiger partial charge in [0.15, 0.2) is 6.61 Å². The zero-order valence-electron chi connectivity index (χ0n) is 7.53. The molecule has 0 amide bonds. The molecule has 0 aliphatic carbocycles. The van der Waals surface area contributed by atoms with E-state index < -0.39 is 5.97 Å². The fourth-order valence-electron chi connectivity index (χ4n) is 0.813. The average Bonchev–Trinajstić information content (AvgIpc) is 2.26. The Bertz CT molecular complexity index is 317. The quantitative estimate of drug-likeness (QED) is 0.748. The first-order chi connectivity index (χ1) is 6.76. The molecule has 0 aliphatic rings. The molecule has 0 heterocycles. The largest absolute Gasteiger partial charge is 0.482 e. The first-order valence-electron chi connectivity index (χ1n) is 3.84. The number of rotatable bonds is 4.